The summed E-state index contributed by atoms with van der Waals surface area (Å²) in [5, 5.41) is 2.73. The van der Waals surface area contributed by atoms with E-state index in [4.69, 9.17) is 0 Å². The average molecular weight is 367 g/mol. The fourth-order valence-electron chi connectivity index (χ4n) is 3.08. The number of benzene rings is 1. The Kier molecular flexibility index (Phi) is 5.21. The molecule has 140 valence electrons. The number of pyridine rings is 1. The third-order valence-electron chi connectivity index (χ3n) is 4.62. The van der Waals surface area contributed by atoms with Crippen LogP contribution in [0.25, 0.3) is 0 Å². The molecule has 0 radical (unpaired) electrons. The van der Waals surface area contributed by atoms with E-state index in [1.807, 2.05) is 13.0 Å². The molecule has 0 saturated carbocycles. The summed E-state index contributed by atoms with van der Waals surface area (Å²) in [6.45, 7) is 4.20. The first-order chi connectivity index (χ1) is 12.9. The highest BCUT2D eigenvalue weighted by Gasteiger charge is 2.40. The molecular formula is C20H21N3O4. The molecule has 0 fully saturated rings. The Balaban J connectivity index is 1.55. The predicted molar refractivity (Wildman–Crippen MR) is 99.5 cm³/mol. The summed E-state index contributed by atoms with van der Waals surface area (Å²) >= 11 is 0. The van der Waals surface area contributed by atoms with Gasteiger partial charge in [-0.2, -0.15) is 0 Å². The van der Waals surface area contributed by atoms with Crippen LogP contribution >= 0.6 is 0 Å². The molecule has 1 aliphatic heterocycles. The lowest BCUT2D eigenvalue weighted by molar-refractivity contribution is -0.124. The Morgan fingerprint density at radius 1 is 1.07 bits per heavy atom. The standard InChI is InChI=1S/C20H21N3O4/c1-13-8-11-22(17(24)12-13)10-5-9-21-18(25)14(2)23-19(26)15-6-3-4-7-16(15)20(23)27/h3-4,6-8,11-12,14H,5,9-10H2,1-2H3,(H,21,25). The van der Waals surface area contributed by atoms with Crippen LogP contribution in [0.15, 0.2) is 47.4 Å². The Morgan fingerprint density at radius 3 is 2.30 bits per heavy atom. The van der Waals surface area contributed by atoms with Gasteiger partial charge in [-0.25, -0.2) is 0 Å². The minimum Gasteiger partial charge on any atom is -0.354 e. The number of imide groups is 1. The molecule has 1 unspecified atom stereocenters. The van der Waals surface area contributed by atoms with Gasteiger partial charge in [0.25, 0.3) is 17.4 Å². The van der Waals surface area contributed by atoms with Crippen molar-refractivity contribution >= 4 is 17.7 Å². The molecule has 2 heterocycles. The smallest absolute Gasteiger partial charge is 0.262 e. The van der Waals surface area contributed by atoms with Crippen molar-refractivity contribution in [3.05, 3.63) is 69.6 Å². The van der Waals surface area contributed by atoms with Gasteiger partial charge in [-0.3, -0.25) is 24.1 Å². The predicted octanol–water partition coefficient (Wildman–Crippen LogP) is 1.35. The number of nitrogens with zero attached hydrogens (tertiary/aromatic N) is 2. The van der Waals surface area contributed by atoms with Gasteiger partial charge in [0.2, 0.25) is 5.91 Å². The summed E-state index contributed by atoms with van der Waals surface area (Å²) in [6.07, 6.45) is 2.28. The second-order valence-electron chi connectivity index (χ2n) is 6.58. The highest BCUT2D eigenvalue weighted by Crippen LogP contribution is 2.24. The molecule has 1 aromatic carbocycles. The van der Waals surface area contributed by atoms with Crippen molar-refractivity contribution < 1.29 is 14.4 Å². The second kappa shape index (κ2) is 7.57. The van der Waals surface area contributed by atoms with E-state index in [2.05, 4.69) is 5.32 Å². The first kappa shape index (κ1) is 18.6. The van der Waals surface area contributed by atoms with Crippen LogP contribution < -0.4 is 10.9 Å². The normalized spacial score (nSPS) is 14.2. The van der Waals surface area contributed by atoms with Crippen LogP contribution in [0.5, 0.6) is 0 Å². The Morgan fingerprint density at radius 2 is 1.70 bits per heavy atom. The number of aryl methyl sites for hydroxylation is 2. The quantitative estimate of drug-likeness (QED) is 0.617. The minimum atomic E-state index is -0.903. The monoisotopic (exact) mass is 367 g/mol. The number of amides is 3. The SMILES string of the molecule is Cc1ccn(CCCNC(=O)C(C)N2C(=O)c3ccccc3C2=O)c(=O)c1. The lowest BCUT2D eigenvalue weighted by Crippen LogP contribution is -2.48. The van der Waals surface area contributed by atoms with Crippen LogP contribution in [-0.2, 0) is 11.3 Å². The van der Waals surface area contributed by atoms with E-state index in [-0.39, 0.29) is 5.56 Å². The van der Waals surface area contributed by atoms with Crippen molar-refractivity contribution in [1.29, 1.82) is 0 Å². The number of nitrogens with one attached hydrogen (secondary N) is 1. The van der Waals surface area contributed by atoms with Gasteiger partial charge >= 0.3 is 0 Å². The van der Waals surface area contributed by atoms with Gasteiger partial charge in [0.1, 0.15) is 6.04 Å². The van der Waals surface area contributed by atoms with E-state index in [1.54, 1.807) is 41.1 Å². The molecule has 1 N–H and O–H groups in total. The van der Waals surface area contributed by atoms with Crippen LogP contribution in [0.1, 0.15) is 39.6 Å². The summed E-state index contributed by atoms with van der Waals surface area (Å²) in [5.74, 6) is -1.31. The van der Waals surface area contributed by atoms with Crippen molar-refractivity contribution in [2.24, 2.45) is 0 Å². The Hall–Kier alpha value is -3.22. The third-order valence-corrected chi connectivity index (χ3v) is 4.62. The number of aromatic nitrogens is 1. The largest absolute Gasteiger partial charge is 0.354 e. The van der Waals surface area contributed by atoms with Crippen LogP contribution in [0.2, 0.25) is 0 Å². The molecule has 2 aromatic rings. The van der Waals surface area contributed by atoms with Crippen LogP contribution in [0, 0.1) is 6.92 Å². The van der Waals surface area contributed by atoms with Crippen molar-refractivity contribution in [3.63, 3.8) is 0 Å². The third kappa shape index (κ3) is 3.67. The lowest BCUT2D eigenvalue weighted by atomic mass is 10.1. The number of hydrogen-bond donors (Lipinski definition) is 1. The zero-order valence-corrected chi connectivity index (χ0v) is 15.3. The first-order valence-electron chi connectivity index (χ1n) is 8.82. The second-order valence-corrected chi connectivity index (χ2v) is 6.58. The highest BCUT2D eigenvalue weighted by molar-refractivity contribution is 6.22. The number of rotatable bonds is 6. The molecule has 0 aliphatic carbocycles. The van der Waals surface area contributed by atoms with Gasteiger partial charge < -0.3 is 9.88 Å². The van der Waals surface area contributed by atoms with Gasteiger partial charge in [-0.05, 0) is 44.0 Å². The molecule has 1 atom stereocenters. The van der Waals surface area contributed by atoms with Gasteiger partial charge in [0.05, 0.1) is 11.1 Å². The summed E-state index contributed by atoms with van der Waals surface area (Å²) in [4.78, 5) is 50.0. The zero-order chi connectivity index (χ0) is 19.6. The molecule has 1 aromatic heterocycles. The fraction of sp³-hybridized carbons (Fsp3) is 0.300. The first-order valence-corrected chi connectivity index (χ1v) is 8.82. The topological polar surface area (TPSA) is 88.5 Å². The molecule has 1 aliphatic rings. The maximum absolute atomic E-state index is 12.4. The fourth-order valence-corrected chi connectivity index (χ4v) is 3.08. The van der Waals surface area contributed by atoms with E-state index >= 15 is 0 Å². The maximum atomic E-state index is 12.4. The van der Waals surface area contributed by atoms with Gasteiger partial charge in [-0.1, -0.05) is 12.1 Å². The summed E-state index contributed by atoms with van der Waals surface area (Å²) in [5.41, 5.74) is 1.46. The van der Waals surface area contributed by atoms with Crippen molar-refractivity contribution in [3.8, 4) is 0 Å². The van der Waals surface area contributed by atoms with E-state index < -0.39 is 23.8 Å². The Bertz CT molecular complexity index is 929. The molecule has 7 nitrogen and oxygen atoms in total. The maximum Gasteiger partial charge on any atom is 0.262 e. The van der Waals surface area contributed by atoms with E-state index in [0.29, 0.717) is 30.6 Å². The minimum absolute atomic E-state index is 0.0827. The number of hydrogen-bond acceptors (Lipinski definition) is 4. The van der Waals surface area contributed by atoms with Crippen molar-refractivity contribution in [2.75, 3.05) is 6.54 Å². The van der Waals surface area contributed by atoms with E-state index in [9.17, 15) is 19.2 Å². The van der Waals surface area contributed by atoms with Crippen LogP contribution in [-0.4, -0.2) is 39.8 Å². The highest BCUT2D eigenvalue weighted by atomic mass is 16.2. The van der Waals surface area contributed by atoms with E-state index in [0.717, 1.165) is 10.5 Å². The summed E-state index contributed by atoms with van der Waals surface area (Å²) in [6, 6.07) is 9.04. The summed E-state index contributed by atoms with van der Waals surface area (Å²) in [7, 11) is 0. The molecule has 0 bridgehead atoms. The number of fused-ring (bicyclic) bond motifs is 1. The molecule has 0 spiro atoms. The molecule has 27 heavy (non-hydrogen) atoms. The zero-order valence-electron chi connectivity index (χ0n) is 15.3. The molecule has 7 heteroatoms. The van der Waals surface area contributed by atoms with Gasteiger partial charge in [-0.15, -0.1) is 0 Å². The van der Waals surface area contributed by atoms with Crippen molar-refractivity contribution in [1.82, 2.24) is 14.8 Å². The number of carbonyl (C=O) groups is 3. The van der Waals surface area contributed by atoms with Crippen molar-refractivity contribution in [2.45, 2.75) is 32.9 Å². The van der Waals surface area contributed by atoms with Crippen LogP contribution in [0.4, 0.5) is 0 Å². The van der Waals surface area contributed by atoms with E-state index in [1.165, 1.54) is 6.92 Å². The number of carbonyl (C=O) groups excluding carboxylic acids is 3. The summed E-state index contributed by atoms with van der Waals surface area (Å²) < 4.78 is 1.58. The molecular weight excluding hydrogens is 346 g/mol. The van der Waals surface area contributed by atoms with Crippen LogP contribution in [0.3, 0.4) is 0 Å². The van der Waals surface area contributed by atoms with Gasteiger partial charge in [0.15, 0.2) is 0 Å². The molecule has 3 rings (SSSR count). The van der Waals surface area contributed by atoms with Gasteiger partial charge in [0, 0.05) is 25.4 Å². The lowest BCUT2D eigenvalue weighted by Gasteiger charge is -2.21. The molecule has 3 amide bonds. The molecule has 0 saturated heterocycles. The average Bonchev–Trinajstić information content (AvgIpc) is 2.90. The Labute approximate surface area is 156 Å².